The number of amides is 1. The number of aliphatic hydroxyl groups excluding tert-OH is 1. The molecule has 2 aromatic heterocycles. The normalized spacial score (nSPS) is 18.2. The summed E-state index contributed by atoms with van der Waals surface area (Å²) in [4.78, 5) is 64.3. The monoisotopic (exact) mass is 781 g/mol. The Morgan fingerprint density at radius 1 is 0.912 bits per heavy atom. The Kier molecular flexibility index (Phi) is 12.0. The lowest BCUT2D eigenvalue weighted by molar-refractivity contribution is -0.157. The second-order valence-electron chi connectivity index (χ2n) is 16.2. The van der Waals surface area contributed by atoms with Crippen molar-refractivity contribution < 1.29 is 43.2 Å². The number of carbonyl (C=O) groups excluding carboxylic acids is 4. The smallest absolute Gasteiger partial charge is 0.308 e. The molecular weight excluding hydrogens is 730 g/mol. The molecule has 1 aliphatic heterocycles. The van der Waals surface area contributed by atoms with Crippen molar-refractivity contribution in [1.29, 1.82) is 0 Å². The number of esters is 3. The first-order valence-electron chi connectivity index (χ1n) is 18.7. The van der Waals surface area contributed by atoms with Crippen LogP contribution in [0.3, 0.4) is 0 Å². The Balaban J connectivity index is 1.32. The Morgan fingerprint density at radius 2 is 1.46 bits per heavy atom. The number of carbonyl (C=O) groups is 4. The van der Waals surface area contributed by atoms with Crippen molar-refractivity contribution in [2.24, 2.45) is 0 Å². The molecule has 1 aliphatic rings. The summed E-state index contributed by atoms with van der Waals surface area (Å²) in [6.45, 7) is 19.0. The van der Waals surface area contributed by atoms with E-state index in [-0.39, 0.29) is 36.5 Å². The van der Waals surface area contributed by atoms with Gasteiger partial charge in [-0.2, -0.15) is 0 Å². The first-order chi connectivity index (χ1) is 26.6. The molecule has 0 aliphatic carbocycles. The molecule has 3 atom stereocenters. The van der Waals surface area contributed by atoms with E-state index in [1.165, 1.54) is 20.2 Å². The Morgan fingerprint density at radius 3 is 1.98 bits per heavy atom. The molecule has 14 nitrogen and oxygen atoms in total. The molecule has 2 N–H and O–H groups in total. The summed E-state index contributed by atoms with van der Waals surface area (Å²) in [6.07, 6.45) is 5.26. The zero-order valence-electron chi connectivity index (χ0n) is 34.4. The number of rotatable bonds is 12. The Hall–Kier alpha value is -5.65. The number of anilines is 1. The van der Waals surface area contributed by atoms with Gasteiger partial charge >= 0.3 is 17.9 Å². The molecule has 0 radical (unpaired) electrons. The van der Waals surface area contributed by atoms with Crippen molar-refractivity contribution in [3.05, 3.63) is 69.8 Å². The predicted octanol–water partition coefficient (Wildman–Crippen LogP) is 6.09. The number of aryl methyl sites for hydroxylation is 5. The van der Waals surface area contributed by atoms with E-state index in [9.17, 15) is 24.3 Å². The molecule has 0 bridgehead atoms. The number of fused-ring (bicyclic) bond motifs is 1. The van der Waals surface area contributed by atoms with Crippen LogP contribution in [-0.4, -0.2) is 66.8 Å². The van der Waals surface area contributed by atoms with Gasteiger partial charge in [-0.05, 0) is 69.0 Å². The van der Waals surface area contributed by atoms with Crippen molar-refractivity contribution in [3.8, 4) is 23.8 Å². The van der Waals surface area contributed by atoms with Gasteiger partial charge in [0.1, 0.15) is 36.3 Å². The van der Waals surface area contributed by atoms with Gasteiger partial charge in [0.15, 0.2) is 22.6 Å². The molecule has 2 aromatic carbocycles. The van der Waals surface area contributed by atoms with Crippen LogP contribution in [0.2, 0.25) is 0 Å². The molecule has 1 amide bonds. The van der Waals surface area contributed by atoms with Gasteiger partial charge in [-0.3, -0.25) is 23.7 Å². The molecule has 3 heterocycles. The van der Waals surface area contributed by atoms with Gasteiger partial charge in [0.2, 0.25) is 5.91 Å². The topological polar surface area (TPSA) is 181 Å². The van der Waals surface area contributed by atoms with E-state index < -0.39 is 53.3 Å². The SMILES string of the molecule is C#C[C@]1(COC(=O)CC(C)(C)c2c(C)cc(C)cc2OC(C)=O)O[C@@H](n2cnc3c(NC(=O)CC(C)(C)c4c(C)cc(C)cc4OC(C)=O)nc(C)nc32)C[C@@H]1O. The zero-order chi connectivity index (χ0) is 42.2. The second kappa shape index (κ2) is 16.1. The summed E-state index contributed by atoms with van der Waals surface area (Å²) in [5.41, 5.74) is 2.37. The summed E-state index contributed by atoms with van der Waals surface area (Å²) < 4.78 is 24.6. The quantitative estimate of drug-likeness (QED) is 0.0961. The number of benzene rings is 2. The van der Waals surface area contributed by atoms with Crippen LogP contribution in [0.25, 0.3) is 11.2 Å². The van der Waals surface area contributed by atoms with Crippen LogP contribution >= 0.6 is 0 Å². The summed E-state index contributed by atoms with van der Waals surface area (Å²) in [5, 5.41) is 14.1. The molecule has 14 heteroatoms. The third-order valence-electron chi connectivity index (χ3n) is 10.0. The largest absolute Gasteiger partial charge is 0.461 e. The lowest BCUT2D eigenvalue weighted by atomic mass is 9.78. The van der Waals surface area contributed by atoms with E-state index in [4.69, 9.17) is 25.4 Å². The lowest BCUT2D eigenvalue weighted by Crippen LogP contribution is -2.43. The van der Waals surface area contributed by atoms with Crippen LogP contribution in [-0.2, 0) is 39.5 Å². The van der Waals surface area contributed by atoms with Crippen molar-refractivity contribution in [2.45, 2.75) is 124 Å². The second-order valence-corrected chi connectivity index (χ2v) is 16.2. The van der Waals surface area contributed by atoms with E-state index in [1.54, 1.807) is 23.6 Å². The molecule has 57 heavy (non-hydrogen) atoms. The number of terminal acetylenes is 1. The maximum absolute atomic E-state index is 13.6. The molecular formula is C43H51N5O9. The van der Waals surface area contributed by atoms with Crippen molar-refractivity contribution in [3.63, 3.8) is 0 Å². The highest BCUT2D eigenvalue weighted by atomic mass is 16.6. The van der Waals surface area contributed by atoms with Gasteiger partial charge in [0.05, 0.1) is 12.7 Å². The number of imidazole rings is 1. The fourth-order valence-electron chi connectivity index (χ4n) is 7.96. The molecule has 0 spiro atoms. The van der Waals surface area contributed by atoms with Crippen LogP contribution in [0.1, 0.15) is 106 Å². The van der Waals surface area contributed by atoms with E-state index in [1.807, 2.05) is 67.5 Å². The molecule has 0 saturated carbocycles. The first kappa shape index (κ1) is 42.5. The minimum Gasteiger partial charge on any atom is -0.461 e. The number of aromatic nitrogens is 4. The third kappa shape index (κ3) is 9.16. The molecule has 0 unspecified atom stereocenters. The molecule has 4 aromatic rings. The first-order valence-corrected chi connectivity index (χ1v) is 18.7. The van der Waals surface area contributed by atoms with E-state index in [0.29, 0.717) is 28.5 Å². The van der Waals surface area contributed by atoms with Gasteiger partial charge in [0.25, 0.3) is 0 Å². The van der Waals surface area contributed by atoms with E-state index in [2.05, 4.69) is 26.2 Å². The minimum atomic E-state index is -1.69. The van der Waals surface area contributed by atoms with Crippen LogP contribution in [0.4, 0.5) is 5.82 Å². The molecule has 302 valence electrons. The van der Waals surface area contributed by atoms with Crippen LogP contribution < -0.4 is 14.8 Å². The fourth-order valence-corrected chi connectivity index (χ4v) is 7.96. The highest BCUT2D eigenvalue weighted by Crippen LogP contribution is 2.42. The Bertz CT molecular complexity index is 2300. The number of nitrogens with one attached hydrogen (secondary N) is 1. The third-order valence-corrected chi connectivity index (χ3v) is 10.0. The maximum atomic E-state index is 13.6. The van der Waals surface area contributed by atoms with Crippen LogP contribution in [0.5, 0.6) is 11.5 Å². The number of nitrogens with zero attached hydrogens (tertiary/aromatic N) is 4. The van der Waals surface area contributed by atoms with Gasteiger partial charge in [0, 0.05) is 48.6 Å². The standard InChI is InChI=1S/C43H51N5O9/c1-13-43(21-54-35(53)20-42(11,12)37-26(5)15-24(3)17-31(37)56-29(8)50)32(51)18-34(57-43)48-22-44-38-39(45-27(6)46-40(38)48)47-33(52)19-41(9,10)36-25(4)14-23(2)16-30(36)55-28(7)49/h1,14-17,22,32,34,51H,18-21H2,2-12H3,(H,45,46,47,52)/t32-,34+,43+/m0/s1. The highest BCUT2D eigenvalue weighted by Gasteiger charge is 2.49. The maximum Gasteiger partial charge on any atom is 0.308 e. The van der Waals surface area contributed by atoms with Crippen molar-refractivity contribution in [2.75, 3.05) is 11.9 Å². The Labute approximate surface area is 332 Å². The number of hydrogen-bond acceptors (Lipinski definition) is 12. The van der Waals surface area contributed by atoms with Crippen molar-refractivity contribution in [1.82, 2.24) is 19.5 Å². The van der Waals surface area contributed by atoms with E-state index in [0.717, 1.165) is 27.8 Å². The fraction of sp³-hybridized carbons (Fsp3) is 0.465. The van der Waals surface area contributed by atoms with Gasteiger partial charge in [-0.25, -0.2) is 15.0 Å². The van der Waals surface area contributed by atoms with Crippen LogP contribution in [0, 0.1) is 47.0 Å². The molecule has 5 rings (SSSR count). The van der Waals surface area contributed by atoms with E-state index >= 15 is 0 Å². The summed E-state index contributed by atoms with van der Waals surface area (Å²) in [7, 11) is 0. The van der Waals surface area contributed by atoms with Crippen molar-refractivity contribution >= 4 is 40.8 Å². The number of hydrogen-bond donors (Lipinski definition) is 2. The summed E-state index contributed by atoms with van der Waals surface area (Å²) in [6, 6.07) is 7.47. The molecule has 1 fully saturated rings. The van der Waals surface area contributed by atoms with Gasteiger partial charge in [-0.15, -0.1) is 6.42 Å². The van der Waals surface area contributed by atoms with Gasteiger partial charge in [-0.1, -0.05) is 45.7 Å². The summed E-state index contributed by atoms with van der Waals surface area (Å²) >= 11 is 0. The average Bonchev–Trinajstić information content (AvgIpc) is 3.62. The van der Waals surface area contributed by atoms with Gasteiger partial charge < -0.3 is 29.4 Å². The molecule has 1 saturated heterocycles. The number of ether oxygens (including phenoxy) is 4. The zero-order valence-corrected chi connectivity index (χ0v) is 34.4. The lowest BCUT2D eigenvalue weighted by Gasteiger charge is -2.30. The number of aliphatic hydroxyl groups is 1. The highest BCUT2D eigenvalue weighted by molar-refractivity contribution is 5.97. The summed E-state index contributed by atoms with van der Waals surface area (Å²) in [5.74, 6) is 1.92. The predicted molar refractivity (Wildman–Crippen MR) is 212 cm³/mol. The van der Waals surface area contributed by atoms with Crippen LogP contribution in [0.15, 0.2) is 30.6 Å². The average molecular weight is 782 g/mol. The minimum absolute atomic E-state index is 0.0203.